The molecule has 5 rings (SSSR count). The molecular formula is C26H31N5O. The highest BCUT2D eigenvalue weighted by Gasteiger charge is 2.55. The summed E-state index contributed by atoms with van der Waals surface area (Å²) in [5, 5.41) is 7.92. The van der Waals surface area contributed by atoms with Gasteiger partial charge in [0.2, 0.25) is 5.95 Å². The van der Waals surface area contributed by atoms with Crippen molar-refractivity contribution in [1.82, 2.24) is 15.3 Å². The lowest BCUT2D eigenvalue weighted by Crippen LogP contribution is -2.34. The number of hydrogen-bond acceptors (Lipinski definition) is 5. The number of nitrogens with zero attached hydrogens (tertiary/aromatic N) is 3. The van der Waals surface area contributed by atoms with Crippen molar-refractivity contribution in [2.75, 3.05) is 24.3 Å². The minimum atomic E-state index is 0.0524. The predicted octanol–water partition coefficient (Wildman–Crippen LogP) is 4.55. The first-order chi connectivity index (χ1) is 15.4. The van der Waals surface area contributed by atoms with Gasteiger partial charge in [-0.05, 0) is 68.7 Å². The van der Waals surface area contributed by atoms with Gasteiger partial charge in [-0.15, -0.1) is 0 Å². The SMILES string of the molecule is Cc1cccc(C(=O)N[C@@H]2CC23CCC(Nc2nc(N(C)C)c4ccccc4n2)CC3)c1. The normalized spacial score (nSPS) is 24.3. The minimum Gasteiger partial charge on any atom is -0.362 e. The summed E-state index contributed by atoms with van der Waals surface area (Å²) in [6, 6.07) is 16.6. The van der Waals surface area contributed by atoms with Crippen LogP contribution >= 0.6 is 0 Å². The maximum Gasteiger partial charge on any atom is 0.251 e. The van der Waals surface area contributed by atoms with E-state index in [9.17, 15) is 4.79 Å². The Morgan fingerprint density at radius 1 is 1.06 bits per heavy atom. The van der Waals surface area contributed by atoms with E-state index < -0.39 is 0 Å². The number of para-hydroxylation sites is 1. The molecule has 2 aliphatic carbocycles. The van der Waals surface area contributed by atoms with Crippen molar-refractivity contribution >= 4 is 28.6 Å². The Kier molecular flexibility index (Phi) is 5.24. The molecule has 1 atom stereocenters. The van der Waals surface area contributed by atoms with Crippen LogP contribution in [0.15, 0.2) is 48.5 Å². The van der Waals surface area contributed by atoms with E-state index in [4.69, 9.17) is 9.97 Å². The number of nitrogens with one attached hydrogen (secondary N) is 2. The number of carbonyl (C=O) groups is 1. The van der Waals surface area contributed by atoms with E-state index in [1.54, 1.807) is 0 Å². The molecule has 166 valence electrons. The fourth-order valence-corrected chi connectivity index (χ4v) is 5.12. The first kappa shape index (κ1) is 20.7. The Hall–Kier alpha value is -3.15. The highest BCUT2D eigenvalue weighted by Crippen LogP contribution is 2.56. The van der Waals surface area contributed by atoms with Gasteiger partial charge in [0, 0.05) is 37.1 Å². The van der Waals surface area contributed by atoms with Crippen LogP contribution in [-0.4, -0.2) is 42.1 Å². The van der Waals surface area contributed by atoms with E-state index in [1.807, 2.05) is 68.4 Å². The number of rotatable bonds is 5. The lowest BCUT2D eigenvalue weighted by Gasteiger charge is -2.30. The molecule has 2 saturated carbocycles. The first-order valence-electron chi connectivity index (χ1n) is 11.5. The van der Waals surface area contributed by atoms with Gasteiger partial charge in [-0.3, -0.25) is 4.79 Å². The second-order valence-corrected chi connectivity index (χ2v) is 9.66. The second kappa shape index (κ2) is 8.08. The van der Waals surface area contributed by atoms with Crippen LogP contribution < -0.4 is 15.5 Å². The summed E-state index contributed by atoms with van der Waals surface area (Å²) < 4.78 is 0. The molecule has 0 saturated heterocycles. The number of aryl methyl sites for hydroxylation is 1. The molecule has 1 spiro atoms. The van der Waals surface area contributed by atoms with E-state index in [0.29, 0.717) is 18.0 Å². The highest BCUT2D eigenvalue weighted by molar-refractivity contribution is 5.94. The highest BCUT2D eigenvalue weighted by atomic mass is 16.1. The van der Waals surface area contributed by atoms with E-state index in [-0.39, 0.29) is 11.3 Å². The fourth-order valence-electron chi connectivity index (χ4n) is 5.12. The van der Waals surface area contributed by atoms with Crippen LogP contribution in [0.25, 0.3) is 10.9 Å². The second-order valence-electron chi connectivity index (χ2n) is 9.66. The smallest absolute Gasteiger partial charge is 0.251 e. The van der Waals surface area contributed by atoms with Gasteiger partial charge in [0.25, 0.3) is 5.91 Å². The molecule has 1 amide bonds. The van der Waals surface area contributed by atoms with Gasteiger partial charge in [0.05, 0.1) is 5.52 Å². The van der Waals surface area contributed by atoms with Crippen molar-refractivity contribution in [3.05, 3.63) is 59.7 Å². The van der Waals surface area contributed by atoms with Crippen molar-refractivity contribution in [3.8, 4) is 0 Å². The van der Waals surface area contributed by atoms with Crippen molar-refractivity contribution < 1.29 is 4.79 Å². The Bertz CT molecular complexity index is 1150. The molecule has 3 aromatic rings. The van der Waals surface area contributed by atoms with Crippen LogP contribution in [0.5, 0.6) is 0 Å². The Labute approximate surface area is 189 Å². The summed E-state index contributed by atoms with van der Waals surface area (Å²) in [5.41, 5.74) is 3.11. The summed E-state index contributed by atoms with van der Waals surface area (Å²) in [5.74, 6) is 1.69. The van der Waals surface area contributed by atoms with E-state index in [0.717, 1.165) is 60.0 Å². The summed E-state index contributed by atoms with van der Waals surface area (Å²) in [6.07, 6.45) is 5.48. The van der Waals surface area contributed by atoms with Gasteiger partial charge in [0.15, 0.2) is 0 Å². The Morgan fingerprint density at radius 2 is 1.84 bits per heavy atom. The average Bonchev–Trinajstić information content (AvgIpc) is 3.45. The summed E-state index contributed by atoms with van der Waals surface area (Å²) >= 11 is 0. The zero-order valence-corrected chi connectivity index (χ0v) is 19.1. The van der Waals surface area contributed by atoms with Crippen molar-refractivity contribution in [1.29, 1.82) is 0 Å². The van der Waals surface area contributed by atoms with Gasteiger partial charge in [0.1, 0.15) is 5.82 Å². The lowest BCUT2D eigenvalue weighted by molar-refractivity contribution is 0.0941. The summed E-state index contributed by atoms with van der Waals surface area (Å²) in [4.78, 5) is 24.2. The molecule has 2 N–H and O–H groups in total. The van der Waals surface area contributed by atoms with Crippen LogP contribution in [0.3, 0.4) is 0 Å². The fraction of sp³-hybridized carbons (Fsp3) is 0.423. The van der Waals surface area contributed by atoms with Gasteiger partial charge in [-0.1, -0.05) is 29.8 Å². The maximum atomic E-state index is 12.6. The summed E-state index contributed by atoms with van der Waals surface area (Å²) in [6.45, 7) is 2.02. The third-order valence-electron chi connectivity index (χ3n) is 7.10. The third-order valence-corrected chi connectivity index (χ3v) is 7.10. The number of hydrogen-bond donors (Lipinski definition) is 2. The maximum absolute atomic E-state index is 12.6. The van der Waals surface area contributed by atoms with Crippen LogP contribution in [0.2, 0.25) is 0 Å². The largest absolute Gasteiger partial charge is 0.362 e. The van der Waals surface area contributed by atoms with Gasteiger partial charge in [-0.25, -0.2) is 4.98 Å². The minimum absolute atomic E-state index is 0.0524. The van der Waals surface area contributed by atoms with Crippen molar-refractivity contribution in [2.45, 2.75) is 51.1 Å². The molecule has 2 aromatic carbocycles. The van der Waals surface area contributed by atoms with E-state index in [2.05, 4.69) is 16.7 Å². The number of fused-ring (bicyclic) bond motifs is 1. The van der Waals surface area contributed by atoms with Crippen LogP contribution in [0.4, 0.5) is 11.8 Å². The number of amides is 1. The third kappa shape index (κ3) is 4.01. The van der Waals surface area contributed by atoms with Gasteiger partial charge < -0.3 is 15.5 Å². The molecule has 0 radical (unpaired) electrons. The first-order valence-corrected chi connectivity index (χ1v) is 11.5. The number of aromatic nitrogens is 2. The molecule has 0 unspecified atom stereocenters. The topological polar surface area (TPSA) is 70.2 Å². The van der Waals surface area contributed by atoms with Crippen LogP contribution in [0, 0.1) is 12.3 Å². The zero-order valence-electron chi connectivity index (χ0n) is 19.1. The molecule has 1 aromatic heterocycles. The van der Waals surface area contributed by atoms with Crippen molar-refractivity contribution in [2.24, 2.45) is 5.41 Å². The predicted molar refractivity (Wildman–Crippen MR) is 129 cm³/mol. The molecule has 0 bridgehead atoms. The van der Waals surface area contributed by atoms with E-state index in [1.165, 1.54) is 0 Å². The number of benzene rings is 2. The molecule has 6 nitrogen and oxygen atoms in total. The Morgan fingerprint density at radius 3 is 2.59 bits per heavy atom. The van der Waals surface area contributed by atoms with Gasteiger partial charge in [-0.2, -0.15) is 4.98 Å². The lowest BCUT2D eigenvalue weighted by atomic mass is 9.83. The van der Waals surface area contributed by atoms with Crippen molar-refractivity contribution in [3.63, 3.8) is 0 Å². The molecule has 6 heteroatoms. The number of carbonyl (C=O) groups excluding carboxylic acids is 1. The number of anilines is 2. The van der Waals surface area contributed by atoms with Crippen LogP contribution in [0.1, 0.15) is 48.0 Å². The average molecular weight is 430 g/mol. The Balaban J connectivity index is 1.20. The molecule has 2 fully saturated rings. The van der Waals surface area contributed by atoms with E-state index >= 15 is 0 Å². The quantitative estimate of drug-likeness (QED) is 0.623. The molecular weight excluding hydrogens is 398 g/mol. The molecule has 1 heterocycles. The van der Waals surface area contributed by atoms with Crippen LogP contribution in [-0.2, 0) is 0 Å². The molecule has 32 heavy (non-hydrogen) atoms. The monoisotopic (exact) mass is 429 g/mol. The molecule has 2 aliphatic rings. The summed E-state index contributed by atoms with van der Waals surface area (Å²) in [7, 11) is 4.03. The van der Waals surface area contributed by atoms with Gasteiger partial charge >= 0.3 is 0 Å². The molecule has 0 aliphatic heterocycles. The zero-order chi connectivity index (χ0) is 22.3. The standard InChI is InChI=1S/C26H31N5O/c1-17-7-6-8-18(15-17)24(32)29-22-16-26(22)13-11-19(12-14-26)27-25-28-21-10-5-4-9-20(21)23(30-25)31(2)3/h4-10,15,19,22H,11-14,16H2,1-3H3,(H,29,32)(H,27,28,30)/t19?,22-,26?/m1/s1.